The number of unbranched alkanes of at least 4 members (excludes halogenated alkanes) is 1. The topological polar surface area (TPSA) is 68.1 Å². The van der Waals surface area contributed by atoms with Crippen LogP contribution in [-0.4, -0.2) is 45.8 Å². The number of sulfonamides is 1. The number of hydrogen-bond donors (Lipinski definition) is 0. The van der Waals surface area contributed by atoms with E-state index >= 15 is 0 Å². The first-order chi connectivity index (χ1) is 11.1. The molecule has 2 aliphatic rings. The van der Waals surface area contributed by atoms with Crippen LogP contribution in [0.15, 0.2) is 6.33 Å². The van der Waals surface area contributed by atoms with Gasteiger partial charge in [-0.1, -0.05) is 13.3 Å². The number of aromatic nitrogens is 3. The van der Waals surface area contributed by atoms with Crippen LogP contribution in [0.25, 0.3) is 0 Å². The third-order valence-corrected chi connectivity index (χ3v) is 6.98. The Morgan fingerprint density at radius 3 is 2.87 bits per heavy atom. The van der Waals surface area contributed by atoms with Gasteiger partial charge in [-0.05, 0) is 44.4 Å². The highest BCUT2D eigenvalue weighted by atomic mass is 32.2. The third-order valence-electron chi connectivity index (χ3n) is 4.98. The number of rotatable bonds is 9. The number of nitrogens with zero attached hydrogens (tertiary/aromatic N) is 4. The fourth-order valence-electron chi connectivity index (χ4n) is 3.41. The molecular formula is C16H28N4O2S. The van der Waals surface area contributed by atoms with Crippen molar-refractivity contribution in [3.05, 3.63) is 12.2 Å². The molecular weight excluding hydrogens is 312 g/mol. The van der Waals surface area contributed by atoms with Gasteiger partial charge in [-0.2, -0.15) is 4.31 Å². The molecule has 0 N–H and O–H groups in total. The van der Waals surface area contributed by atoms with Crippen LogP contribution in [0.1, 0.15) is 57.7 Å². The molecule has 0 amide bonds. The smallest absolute Gasteiger partial charge is 0.214 e. The minimum atomic E-state index is -3.09. The minimum Gasteiger partial charge on any atom is -0.317 e. The summed E-state index contributed by atoms with van der Waals surface area (Å²) in [5.74, 6) is 2.09. The van der Waals surface area contributed by atoms with Crippen molar-refractivity contribution in [2.45, 2.75) is 70.9 Å². The van der Waals surface area contributed by atoms with E-state index in [-0.39, 0.29) is 11.8 Å². The molecule has 1 aliphatic carbocycles. The van der Waals surface area contributed by atoms with Crippen LogP contribution >= 0.6 is 0 Å². The van der Waals surface area contributed by atoms with Crippen LogP contribution in [0.3, 0.4) is 0 Å². The predicted molar refractivity (Wildman–Crippen MR) is 89.5 cm³/mol. The Hall–Kier alpha value is -0.950. The Balaban J connectivity index is 1.57. The van der Waals surface area contributed by atoms with E-state index in [1.807, 2.05) is 13.3 Å². The monoisotopic (exact) mass is 340 g/mol. The molecule has 0 bridgehead atoms. The van der Waals surface area contributed by atoms with Crippen molar-refractivity contribution >= 4 is 10.0 Å². The Bertz CT molecular complexity index is 609. The molecule has 1 saturated carbocycles. The molecule has 1 aliphatic heterocycles. The van der Waals surface area contributed by atoms with E-state index in [2.05, 4.69) is 14.8 Å². The zero-order valence-electron chi connectivity index (χ0n) is 14.0. The summed E-state index contributed by atoms with van der Waals surface area (Å²) < 4.78 is 28.9. The van der Waals surface area contributed by atoms with E-state index in [0.29, 0.717) is 6.54 Å². The van der Waals surface area contributed by atoms with Gasteiger partial charge in [-0.3, -0.25) is 0 Å². The zero-order chi connectivity index (χ0) is 16.3. The highest BCUT2D eigenvalue weighted by Gasteiger charge is 2.33. The third kappa shape index (κ3) is 4.32. The molecule has 6 nitrogen and oxygen atoms in total. The summed E-state index contributed by atoms with van der Waals surface area (Å²) in [6, 6.07) is 0.142. The number of hydrogen-bond acceptors (Lipinski definition) is 4. The average molecular weight is 340 g/mol. The maximum atomic E-state index is 12.5. The molecule has 23 heavy (non-hydrogen) atoms. The number of aryl methyl sites for hydroxylation is 1. The summed E-state index contributed by atoms with van der Waals surface area (Å²) >= 11 is 0. The van der Waals surface area contributed by atoms with Crippen molar-refractivity contribution in [3.8, 4) is 0 Å². The van der Waals surface area contributed by atoms with Crippen molar-refractivity contribution in [2.75, 3.05) is 12.3 Å². The lowest BCUT2D eigenvalue weighted by Gasteiger charge is -2.24. The largest absolute Gasteiger partial charge is 0.317 e. The molecule has 0 radical (unpaired) electrons. The summed E-state index contributed by atoms with van der Waals surface area (Å²) in [6.45, 7) is 3.74. The Kier molecular flexibility index (Phi) is 5.36. The molecule has 1 atom stereocenters. The van der Waals surface area contributed by atoms with Gasteiger partial charge in [0, 0.05) is 25.6 Å². The second kappa shape index (κ2) is 7.30. The summed E-state index contributed by atoms with van der Waals surface area (Å²) in [5.41, 5.74) is 0. The second-order valence-corrected chi connectivity index (χ2v) is 9.00. The summed E-state index contributed by atoms with van der Waals surface area (Å²) in [5, 5.41) is 8.28. The molecule has 0 aromatic carbocycles. The van der Waals surface area contributed by atoms with Crippen molar-refractivity contribution in [1.82, 2.24) is 19.1 Å². The maximum Gasteiger partial charge on any atom is 0.214 e. The van der Waals surface area contributed by atoms with E-state index in [1.165, 1.54) is 12.8 Å². The summed E-state index contributed by atoms with van der Waals surface area (Å²) in [7, 11) is -3.09. The summed E-state index contributed by atoms with van der Waals surface area (Å²) in [6.07, 6.45) is 9.73. The first-order valence-electron chi connectivity index (χ1n) is 8.96. The highest BCUT2D eigenvalue weighted by Crippen LogP contribution is 2.31. The SMILES string of the molecule is CCCCS(=O)(=O)N1CCCC1CCc1nncn1CC1CC1. The lowest BCUT2D eigenvalue weighted by molar-refractivity contribution is 0.366. The molecule has 130 valence electrons. The van der Waals surface area contributed by atoms with E-state index in [9.17, 15) is 8.42 Å². The van der Waals surface area contributed by atoms with Crippen LogP contribution in [0.5, 0.6) is 0 Å². The van der Waals surface area contributed by atoms with Crippen molar-refractivity contribution < 1.29 is 8.42 Å². The Morgan fingerprint density at radius 2 is 2.13 bits per heavy atom. The first-order valence-corrected chi connectivity index (χ1v) is 10.6. The van der Waals surface area contributed by atoms with Crippen molar-refractivity contribution in [1.29, 1.82) is 0 Å². The van der Waals surface area contributed by atoms with Gasteiger partial charge in [0.2, 0.25) is 10.0 Å². The van der Waals surface area contributed by atoms with Gasteiger partial charge in [0.1, 0.15) is 12.2 Å². The van der Waals surface area contributed by atoms with E-state index < -0.39 is 10.0 Å². The molecule has 1 aromatic heterocycles. The van der Waals surface area contributed by atoms with Gasteiger partial charge < -0.3 is 4.57 Å². The molecule has 1 unspecified atom stereocenters. The molecule has 7 heteroatoms. The van der Waals surface area contributed by atoms with Gasteiger partial charge in [-0.15, -0.1) is 10.2 Å². The van der Waals surface area contributed by atoms with Gasteiger partial charge in [0.25, 0.3) is 0 Å². The highest BCUT2D eigenvalue weighted by molar-refractivity contribution is 7.89. The average Bonchev–Trinajstić information content (AvgIpc) is 3.02. The molecule has 1 aromatic rings. The summed E-state index contributed by atoms with van der Waals surface area (Å²) in [4.78, 5) is 0. The molecule has 2 fully saturated rings. The minimum absolute atomic E-state index is 0.142. The van der Waals surface area contributed by atoms with E-state index in [0.717, 1.165) is 56.8 Å². The van der Waals surface area contributed by atoms with Crippen LogP contribution < -0.4 is 0 Å². The molecule has 3 rings (SSSR count). The van der Waals surface area contributed by atoms with Crippen LogP contribution in [0, 0.1) is 5.92 Å². The molecule has 0 spiro atoms. The molecule has 1 saturated heterocycles. The molecule has 2 heterocycles. The maximum absolute atomic E-state index is 12.5. The van der Waals surface area contributed by atoms with Crippen LogP contribution in [0.2, 0.25) is 0 Å². The van der Waals surface area contributed by atoms with Gasteiger partial charge in [-0.25, -0.2) is 8.42 Å². The fourth-order valence-corrected chi connectivity index (χ4v) is 5.37. The Morgan fingerprint density at radius 1 is 1.30 bits per heavy atom. The van der Waals surface area contributed by atoms with Crippen LogP contribution in [-0.2, 0) is 23.0 Å². The lowest BCUT2D eigenvalue weighted by atomic mass is 10.1. The van der Waals surface area contributed by atoms with Gasteiger partial charge >= 0.3 is 0 Å². The van der Waals surface area contributed by atoms with E-state index in [4.69, 9.17) is 0 Å². The van der Waals surface area contributed by atoms with Crippen LogP contribution in [0.4, 0.5) is 0 Å². The van der Waals surface area contributed by atoms with Crippen molar-refractivity contribution in [3.63, 3.8) is 0 Å². The quantitative estimate of drug-likeness (QED) is 0.691. The second-order valence-electron chi connectivity index (χ2n) is 6.96. The normalized spacial score (nSPS) is 22.7. The Labute approximate surface area is 139 Å². The standard InChI is InChI=1S/C16H28N4O2S/c1-2-3-11-23(21,22)20-10-4-5-15(20)8-9-16-18-17-13-19(16)12-14-6-7-14/h13-15H,2-12H2,1H3. The first kappa shape index (κ1) is 16.9. The van der Waals surface area contributed by atoms with Gasteiger partial charge in [0.15, 0.2) is 0 Å². The lowest BCUT2D eigenvalue weighted by Crippen LogP contribution is -2.37. The van der Waals surface area contributed by atoms with Crippen molar-refractivity contribution in [2.24, 2.45) is 5.92 Å². The zero-order valence-corrected chi connectivity index (χ0v) is 14.8. The predicted octanol–water partition coefficient (Wildman–Crippen LogP) is 2.21. The van der Waals surface area contributed by atoms with E-state index in [1.54, 1.807) is 4.31 Å². The van der Waals surface area contributed by atoms with Gasteiger partial charge in [0.05, 0.1) is 5.75 Å². The fraction of sp³-hybridized carbons (Fsp3) is 0.875.